The highest BCUT2D eigenvalue weighted by atomic mass is 35.5. The van der Waals surface area contributed by atoms with Crippen molar-refractivity contribution in [2.24, 2.45) is 4.99 Å². The molecule has 6 nitrogen and oxygen atoms in total. The number of benzene rings is 2. The Morgan fingerprint density at radius 2 is 1.79 bits per heavy atom. The van der Waals surface area contributed by atoms with Crippen LogP contribution in [0.2, 0.25) is 5.02 Å². The average molecular weight is 493 g/mol. The van der Waals surface area contributed by atoms with E-state index in [0.717, 1.165) is 42.4 Å². The molecule has 1 unspecified atom stereocenters. The molecule has 2 amide bonds. The lowest BCUT2D eigenvalue weighted by Gasteiger charge is -2.37. The van der Waals surface area contributed by atoms with E-state index in [1.54, 1.807) is 0 Å². The number of nitrogens with zero attached hydrogens (tertiary/aromatic N) is 3. The number of likely N-dealkylation sites (tertiary alicyclic amines) is 1. The van der Waals surface area contributed by atoms with Crippen LogP contribution in [0.25, 0.3) is 0 Å². The molecule has 34 heavy (non-hydrogen) atoms. The summed E-state index contributed by atoms with van der Waals surface area (Å²) in [7, 11) is 0. The SMILES string of the molecule is CC1=C(C(=O)Nc2ccccc2)C(c2ccccc2Cl)N2C(CC(=O)N3CCCC3)=CSC2=N1. The zero-order valence-corrected chi connectivity index (χ0v) is 20.4. The summed E-state index contributed by atoms with van der Waals surface area (Å²) in [6, 6.07) is 16.4. The van der Waals surface area contributed by atoms with Crippen molar-refractivity contribution in [2.75, 3.05) is 18.4 Å². The highest BCUT2D eigenvalue weighted by molar-refractivity contribution is 8.16. The summed E-state index contributed by atoms with van der Waals surface area (Å²) < 4.78 is 0. The molecule has 8 heteroatoms. The molecule has 0 aromatic heterocycles. The van der Waals surface area contributed by atoms with Gasteiger partial charge in [0.1, 0.15) is 0 Å². The van der Waals surface area contributed by atoms with Gasteiger partial charge >= 0.3 is 0 Å². The second kappa shape index (κ2) is 9.68. The number of anilines is 1. The Labute approximate surface area is 208 Å². The van der Waals surface area contributed by atoms with Crippen LogP contribution < -0.4 is 5.32 Å². The summed E-state index contributed by atoms with van der Waals surface area (Å²) in [6.07, 6.45) is 2.35. The Kier molecular flexibility index (Phi) is 6.48. The number of halogens is 1. The highest BCUT2D eigenvalue weighted by Gasteiger charge is 2.41. The molecule has 0 spiro atoms. The lowest BCUT2D eigenvalue weighted by molar-refractivity contribution is -0.129. The number of carbonyl (C=O) groups excluding carboxylic acids is 2. The molecule has 3 heterocycles. The van der Waals surface area contributed by atoms with E-state index in [4.69, 9.17) is 16.6 Å². The van der Waals surface area contributed by atoms with Gasteiger partial charge in [-0.25, -0.2) is 4.99 Å². The maximum atomic E-state index is 13.6. The van der Waals surface area contributed by atoms with Gasteiger partial charge in [-0.3, -0.25) is 9.59 Å². The van der Waals surface area contributed by atoms with Crippen LogP contribution in [-0.2, 0) is 9.59 Å². The van der Waals surface area contributed by atoms with E-state index in [9.17, 15) is 9.59 Å². The van der Waals surface area contributed by atoms with Gasteiger partial charge in [0, 0.05) is 29.5 Å². The van der Waals surface area contributed by atoms with Gasteiger partial charge in [-0.1, -0.05) is 59.8 Å². The summed E-state index contributed by atoms with van der Waals surface area (Å²) in [4.78, 5) is 35.3. The van der Waals surface area contributed by atoms with E-state index in [0.29, 0.717) is 22.0 Å². The second-order valence-electron chi connectivity index (χ2n) is 8.50. The third-order valence-corrected chi connectivity index (χ3v) is 7.50. The van der Waals surface area contributed by atoms with Crippen LogP contribution in [0.15, 0.2) is 82.0 Å². The first-order valence-corrected chi connectivity index (χ1v) is 12.6. The molecule has 2 aromatic carbocycles. The number of allylic oxidation sites excluding steroid dienone is 1. The fourth-order valence-corrected chi connectivity index (χ4v) is 5.81. The summed E-state index contributed by atoms with van der Waals surface area (Å²) in [6.45, 7) is 3.46. The summed E-state index contributed by atoms with van der Waals surface area (Å²) in [5, 5.41) is 6.29. The Morgan fingerprint density at radius 3 is 2.53 bits per heavy atom. The highest BCUT2D eigenvalue weighted by Crippen LogP contribution is 2.46. The molecule has 1 N–H and O–H groups in total. The monoisotopic (exact) mass is 492 g/mol. The number of hydrogen-bond donors (Lipinski definition) is 1. The van der Waals surface area contributed by atoms with Gasteiger partial charge in [0.15, 0.2) is 5.17 Å². The molecular weight excluding hydrogens is 468 g/mol. The van der Waals surface area contributed by atoms with E-state index in [1.807, 2.05) is 76.7 Å². The van der Waals surface area contributed by atoms with E-state index in [-0.39, 0.29) is 18.2 Å². The maximum Gasteiger partial charge on any atom is 0.255 e. The van der Waals surface area contributed by atoms with Gasteiger partial charge in [0.2, 0.25) is 5.91 Å². The molecule has 0 saturated carbocycles. The molecule has 1 fully saturated rings. The van der Waals surface area contributed by atoms with Crippen molar-refractivity contribution >= 4 is 46.0 Å². The number of amidine groups is 1. The van der Waals surface area contributed by atoms with Crippen molar-refractivity contribution in [1.82, 2.24) is 9.80 Å². The predicted molar refractivity (Wildman–Crippen MR) is 137 cm³/mol. The number of thioether (sulfide) groups is 1. The first-order chi connectivity index (χ1) is 16.5. The Balaban J connectivity index is 1.52. The van der Waals surface area contributed by atoms with Gasteiger partial charge in [0.25, 0.3) is 5.91 Å². The van der Waals surface area contributed by atoms with Crippen molar-refractivity contribution in [3.63, 3.8) is 0 Å². The second-order valence-corrected chi connectivity index (χ2v) is 9.74. The summed E-state index contributed by atoms with van der Waals surface area (Å²) in [5.74, 6) is -0.136. The number of amides is 2. The van der Waals surface area contributed by atoms with Crippen LogP contribution in [0.1, 0.15) is 37.8 Å². The van der Waals surface area contributed by atoms with Gasteiger partial charge in [-0.05, 0) is 48.9 Å². The third kappa shape index (κ3) is 4.38. The molecule has 5 rings (SSSR count). The van der Waals surface area contributed by atoms with Crippen molar-refractivity contribution < 1.29 is 9.59 Å². The summed E-state index contributed by atoms with van der Waals surface area (Å²) in [5.41, 5.74) is 3.50. The molecule has 0 aliphatic carbocycles. The van der Waals surface area contributed by atoms with Gasteiger partial charge in [0.05, 0.1) is 23.7 Å². The Hall–Kier alpha value is -3.03. The van der Waals surface area contributed by atoms with E-state index >= 15 is 0 Å². The number of hydrogen-bond acceptors (Lipinski definition) is 5. The van der Waals surface area contributed by atoms with Gasteiger partial charge in [-0.15, -0.1) is 0 Å². The van der Waals surface area contributed by atoms with Crippen LogP contribution >= 0.6 is 23.4 Å². The quantitative estimate of drug-likeness (QED) is 0.593. The Bertz CT molecular complexity index is 1220. The fourth-order valence-electron chi connectivity index (χ4n) is 4.60. The topological polar surface area (TPSA) is 65.0 Å². The maximum absolute atomic E-state index is 13.6. The van der Waals surface area contributed by atoms with Crippen LogP contribution in [0, 0.1) is 0 Å². The van der Waals surface area contributed by atoms with E-state index in [1.165, 1.54) is 11.8 Å². The lowest BCUT2D eigenvalue weighted by Crippen LogP contribution is -2.39. The Morgan fingerprint density at radius 1 is 1.09 bits per heavy atom. The lowest BCUT2D eigenvalue weighted by atomic mass is 9.93. The molecule has 1 saturated heterocycles. The minimum Gasteiger partial charge on any atom is -0.342 e. The van der Waals surface area contributed by atoms with Gasteiger partial charge in [-0.2, -0.15) is 0 Å². The van der Waals surface area contributed by atoms with Crippen LogP contribution in [-0.4, -0.2) is 39.9 Å². The standard InChI is InChI=1S/C26H25ClN4O2S/c1-17-23(25(33)29-18-9-3-2-4-10-18)24(20-11-5-6-12-21(20)27)31-19(16-34-26(31)28-17)15-22(32)30-13-7-8-14-30/h2-6,9-12,16,24H,7-8,13-15H2,1H3,(H,29,33). The number of nitrogens with one attached hydrogen (secondary N) is 1. The zero-order valence-electron chi connectivity index (χ0n) is 18.8. The van der Waals surface area contributed by atoms with Crippen molar-refractivity contribution in [2.45, 2.75) is 32.2 Å². The normalized spacial score (nSPS) is 19.6. The van der Waals surface area contributed by atoms with E-state index in [2.05, 4.69) is 5.32 Å². The fraction of sp³-hybridized carbons (Fsp3) is 0.269. The summed E-state index contributed by atoms with van der Waals surface area (Å²) >= 11 is 8.14. The number of rotatable bonds is 5. The number of fused-ring (bicyclic) bond motifs is 1. The van der Waals surface area contributed by atoms with Crippen LogP contribution in [0.5, 0.6) is 0 Å². The molecule has 3 aliphatic rings. The molecule has 174 valence electrons. The molecule has 1 atom stereocenters. The van der Waals surface area contributed by atoms with Crippen molar-refractivity contribution in [1.29, 1.82) is 0 Å². The average Bonchev–Trinajstić information content (AvgIpc) is 3.50. The van der Waals surface area contributed by atoms with Crippen molar-refractivity contribution in [3.8, 4) is 0 Å². The van der Waals surface area contributed by atoms with Crippen LogP contribution in [0.3, 0.4) is 0 Å². The molecular formula is C26H25ClN4O2S. The van der Waals surface area contributed by atoms with Gasteiger partial charge < -0.3 is 15.1 Å². The molecule has 0 bridgehead atoms. The molecule has 2 aromatic rings. The van der Waals surface area contributed by atoms with Crippen molar-refractivity contribution in [3.05, 3.63) is 87.6 Å². The minimum absolute atomic E-state index is 0.102. The largest absolute Gasteiger partial charge is 0.342 e. The predicted octanol–water partition coefficient (Wildman–Crippen LogP) is 5.57. The molecule has 3 aliphatic heterocycles. The van der Waals surface area contributed by atoms with E-state index < -0.39 is 6.04 Å². The zero-order chi connectivity index (χ0) is 23.7. The first-order valence-electron chi connectivity index (χ1n) is 11.4. The molecule has 0 radical (unpaired) electrons. The number of aliphatic imine (C=N–C) groups is 1. The minimum atomic E-state index is -0.488. The third-order valence-electron chi connectivity index (χ3n) is 6.27. The first kappa shape index (κ1) is 22.7. The number of carbonyl (C=O) groups is 2. The van der Waals surface area contributed by atoms with Crippen LogP contribution in [0.4, 0.5) is 5.69 Å². The number of para-hydroxylation sites is 1. The smallest absolute Gasteiger partial charge is 0.255 e.